The maximum absolute atomic E-state index is 8.93. The van der Waals surface area contributed by atoms with Gasteiger partial charge in [0.05, 0.1) is 12.7 Å². The number of hydrogen-bond acceptors (Lipinski definition) is 2. The van der Waals surface area contributed by atoms with Gasteiger partial charge in [-0.15, -0.1) is 0 Å². The summed E-state index contributed by atoms with van der Waals surface area (Å²) >= 11 is 0. The molecule has 2 heteroatoms. The van der Waals surface area contributed by atoms with E-state index in [9.17, 15) is 0 Å². The van der Waals surface area contributed by atoms with Gasteiger partial charge in [0, 0.05) is 6.61 Å². The van der Waals surface area contributed by atoms with E-state index in [0.29, 0.717) is 6.61 Å². The highest BCUT2D eigenvalue weighted by atomic mass is 16.5. The second-order valence-electron chi connectivity index (χ2n) is 4.05. The Morgan fingerprint density at radius 2 is 1.57 bits per heavy atom. The van der Waals surface area contributed by atoms with E-state index in [2.05, 4.69) is 6.92 Å². The summed E-state index contributed by atoms with van der Waals surface area (Å²) in [6, 6.07) is 0. The van der Waals surface area contributed by atoms with Crippen LogP contribution in [0.4, 0.5) is 0 Å². The maximum Gasteiger partial charge on any atom is 0.0745 e. The van der Waals surface area contributed by atoms with E-state index in [-0.39, 0.29) is 6.10 Å². The molecule has 0 rings (SSSR count). The van der Waals surface area contributed by atoms with Crippen molar-refractivity contribution in [1.82, 2.24) is 0 Å². The molecule has 0 aromatic heterocycles. The van der Waals surface area contributed by atoms with Gasteiger partial charge in [-0.1, -0.05) is 45.4 Å². The molecule has 0 bridgehead atoms. The van der Waals surface area contributed by atoms with Gasteiger partial charge in [0.15, 0.2) is 0 Å². The monoisotopic (exact) mass is 202 g/mol. The van der Waals surface area contributed by atoms with Gasteiger partial charge in [-0.3, -0.25) is 0 Å². The van der Waals surface area contributed by atoms with Crippen LogP contribution in [0.3, 0.4) is 0 Å². The molecular formula is C12H26O2. The van der Waals surface area contributed by atoms with Crippen LogP contribution in [0.25, 0.3) is 0 Å². The predicted molar refractivity (Wildman–Crippen MR) is 60.5 cm³/mol. The molecule has 0 unspecified atom stereocenters. The lowest BCUT2D eigenvalue weighted by atomic mass is 10.1. The van der Waals surface area contributed by atoms with Crippen LogP contribution in [0.5, 0.6) is 0 Å². The van der Waals surface area contributed by atoms with Gasteiger partial charge in [0.2, 0.25) is 0 Å². The first-order valence-corrected chi connectivity index (χ1v) is 6.03. The molecule has 0 aromatic carbocycles. The van der Waals surface area contributed by atoms with Crippen LogP contribution >= 0.6 is 0 Å². The maximum atomic E-state index is 8.93. The van der Waals surface area contributed by atoms with Gasteiger partial charge in [0.25, 0.3) is 0 Å². The zero-order valence-corrected chi connectivity index (χ0v) is 9.80. The Morgan fingerprint density at radius 3 is 2.14 bits per heavy atom. The molecule has 0 saturated heterocycles. The van der Waals surface area contributed by atoms with Crippen LogP contribution in [0.2, 0.25) is 0 Å². The van der Waals surface area contributed by atoms with E-state index in [1.807, 2.05) is 0 Å². The molecule has 0 amide bonds. The third-order valence-corrected chi connectivity index (χ3v) is 2.25. The average molecular weight is 202 g/mol. The fourth-order valence-corrected chi connectivity index (χ4v) is 1.42. The minimum atomic E-state index is -0.320. The average Bonchev–Trinajstić information content (AvgIpc) is 2.15. The summed E-state index contributed by atoms with van der Waals surface area (Å²) in [6.07, 6.45) is 8.85. The highest BCUT2D eigenvalue weighted by molar-refractivity contribution is 4.46. The lowest BCUT2D eigenvalue weighted by Gasteiger charge is -2.05. The Hall–Kier alpha value is -0.0800. The zero-order valence-electron chi connectivity index (χ0n) is 9.80. The molecular weight excluding hydrogens is 176 g/mol. The molecule has 0 aliphatic rings. The lowest BCUT2D eigenvalue weighted by Crippen LogP contribution is -2.10. The van der Waals surface area contributed by atoms with Gasteiger partial charge in [0.1, 0.15) is 0 Å². The quantitative estimate of drug-likeness (QED) is 0.551. The molecule has 0 heterocycles. The summed E-state index contributed by atoms with van der Waals surface area (Å²) in [4.78, 5) is 0. The van der Waals surface area contributed by atoms with Crippen molar-refractivity contribution >= 4 is 0 Å². The first-order valence-electron chi connectivity index (χ1n) is 6.03. The summed E-state index contributed by atoms with van der Waals surface area (Å²) < 4.78 is 5.27. The molecule has 0 fully saturated rings. The van der Waals surface area contributed by atoms with Crippen LogP contribution in [-0.2, 0) is 4.74 Å². The van der Waals surface area contributed by atoms with Gasteiger partial charge in [-0.2, -0.15) is 0 Å². The Bertz CT molecular complexity index is 102. The summed E-state index contributed by atoms with van der Waals surface area (Å²) in [6.45, 7) is 5.28. The molecule has 86 valence electrons. The topological polar surface area (TPSA) is 29.5 Å². The van der Waals surface area contributed by atoms with E-state index >= 15 is 0 Å². The predicted octanol–water partition coefficient (Wildman–Crippen LogP) is 3.13. The number of aliphatic hydroxyl groups is 1. The zero-order chi connectivity index (χ0) is 10.6. The fourth-order valence-electron chi connectivity index (χ4n) is 1.42. The van der Waals surface area contributed by atoms with E-state index < -0.39 is 0 Å². The summed E-state index contributed by atoms with van der Waals surface area (Å²) in [7, 11) is 0. The molecule has 0 radical (unpaired) electrons. The van der Waals surface area contributed by atoms with E-state index in [1.54, 1.807) is 6.92 Å². The standard InChI is InChI=1S/C12H26O2/c1-3-4-5-6-7-8-9-10-14-11-12(2)13/h12-13H,3-11H2,1-2H3/t12-/m0/s1. The molecule has 14 heavy (non-hydrogen) atoms. The summed E-state index contributed by atoms with van der Waals surface area (Å²) in [5, 5.41) is 8.93. The van der Waals surface area contributed by atoms with Crippen molar-refractivity contribution in [1.29, 1.82) is 0 Å². The first kappa shape index (κ1) is 13.9. The van der Waals surface area contributed by atoms with Crippen molar-refractivity contribution in [3.05, 3.63) is 0 Å². The third-order valence-electron chi connectivity index (χ3n) is 2.25. The van der Waals surface area contributed by atoms with Gasteiger partial charge in [-0.05, 0) is 13.3 Å². The number of hydrogen-bond donors (Lipinski definition) is 1. The largest absolute Gasteiger partial charge is 0.391 e. The van der Waals surface area contributed by atoms with Gasteiger partial charge >= 0.3 is 0 Å². The Morgan fingerprint density at radius 1 is 1.00 bits per heavy atom. The second kappa shape index (κ2) is 11.0. The molecule has 0 spiro atoms. The van der Waals surface area contributed by atoms with Crippen LogP contribution < -0.4 is 0 Å². The van der Waals surface area contributed by atoms with E-state index in [1.165, 1.54) is 38.5 Å². The van der Waals surface area contributed by atoms with Crippen LogP contribution in [-0.4, -0.2) is 24.4 Å². The van der Waals surface area contributed by atoms with Crippen molar-refractivity contribution in [3.8, 4) is 0 Å². The Kier molecular flexibility index (Phi) is 10.9. The molecule has 1 atom stereocenters. The molecule has 0 aromatic rings. The van der Waals surface area contributed by atoms with Gasteiger partial charge < -0.3 is 9.84 Å². The van der Waals surface area contributed by atoms with Crippen LogP contribution in [0.1, 0.15) is 58.8 Å². The summed E-state index contributed by atoms with van der Waals surface area (Å²) in [5.41, 5.74) is 0. The number of rotatable bonds is 10. The van der Waals surface area contributed by atoms with Crippen molar-refractivity contribution in [2.75, 3.05) is 13.2 Å². The van der Waals surface area contributed by atoms with Gasteiger partial charge in [-0.25, -0.2) is 0 Å². The highest BCUT2D eigenvalue weighted by Crippen LogP contribution is 2.06. The van der Waals surface area contributed by atoms with Crippen LogP contribution in [0.15, 0.2) is 0 Å². The number of ether oxygens (including phenoxy) is 1. The molecule has 2 nitrogen and oxygen atoms in total. The third kappa shape index (κ3) is 11.9. The van der Waals surface area contributed by atoms with E-state index in [4.69, 9.17) is 9.84 Å². The Labute approximate surface area is 88.7 Å². The normalized spacial score (nSPS) is 13.1. The fraction of sp³-hybridized carbons (Fsp3) is 1.00. The van der Waals surface area contributed by atoms with Crippen molar-refractivity contribution in [2.24, 2.45) is 0 Å². The van der Waals surface area contributed by atoms with Crippen LogP contribution in [0, 0.1) is 0 Å². The number of aliphatic hydroxyl groups excluding tert-OH is 1. The number of unbranched alkanes of at least 4 members (excludes halogenated alkanes) is 6. The van der Waals surface area contributed by atoms with Crippen molar-refractivity contribution < 1.29 is 9.84 Å². The first-order chi connectivity index (χ1) is 6.77. The molecule has 0 aliphatic carbocycles. The highest BCUT2D eigenvalue weighted by Gasteiger charge is 1.95. The lowest BCUT2D eigenvalue weighted by molar-refractivity contribution is 0.0445. The smallest absolute Gasteiger partial charge is 0.0745 e. The Balaban J connectivity index is 2.85. The summed E-state index contributed by atoms with van der Waals surface area (Å²) in [5.74, 6) is 0. The molecule has 0 saturated carbocycles. The second-order valence-corrected chi connectivity index (χ2v) is 4.05. The van der Waals surface area contributed by atoms with E-state index in [0.717, 1.165) is 13.0 Å². The minimum Gasteiger partial charge on any atom is -0.391 e. The molecule has 1 N–H and O–H groups in total. The SMILES string of the molecule is CCCCCCCCCOC[C@H](C)O. The van der Waals surface area contributed by atoms with Crippen molar-refractivity contribution in [3.63, 3.8) is 0 Å². The molecule has 0 aliphatic heterocycles. The minimum absolute atomic E-state index is 0.320. The van der Waals surface area contributed by atoms with Crippen molar-refractivity contribution in [2.45, 2.75) is 64.9 Å².